The lowest BCUT2D eigenvalue weighted by atomic mass is 9.96. The molecule has 0 saturated carbocycles. The lowest BCUT2D eigenvalue weighted by Crippen LogP contribution is -2.43. The molecule has 1 aliphatic heterocycles. The third-order valence-corrected chi connectivity index (χ3v) is 5.59. The van der Waals surface area contributed by atoms with Gasteiger partial charge >= 0.3 is 0 Å². The van der Waals surface area contributed by atoms with Crippen LogP contribution in [0.2, 0.25) is 0 Å². The lowest BCUT2D eigenvalue weighted by molar-refractivity contribution is -0.126. The normalized spacial score (nSPS) is 19.5. The van der Waals surface area contributed by atoms with Crippen molar-refractivity contribution < 1.29 is 4.79 Å². The van der Waals surface area contributed by atoms with Gasteiger partial charge in [0, 0.05) is 35.1 Å². The average Bonchev–Trinajstić information content (AvgIpc) is 2.49. The van der Waals surface area contributed by atoms with Gasteiger partial charge in [0.25, 0.3) is 0 Å². The van der Waals surface area contributed by atoms with Gasteiger partial charge in [-0.1, -0.05) is 6.07 Å². The van der Waals surface area contributed by atoms with E-state index in [1.54, 1.807) is 0 Å². The molecule has 21 heavy (non-hydrogen) atoms. The smallest absolute Gasteiger partial charge is 0.224 e. The van der Waals surface area contributed by atoms with Crippen LogP contribution in [-0.2, 0) is 11.3 Å². The maximum atomic E-state index is 12.0. The third-order valence-electron chi connectivity index (χ3n) is 3.71. The van der Waals surface area contributed by atoms with E-state index in [4.69, 9.17) is 5.73 Å². The highest BCUT2D eigenvalue weighted by Gasteiger charge is 2.25. The zero-order chi connectivity index (χ0) is 15.2. The maximum Gasteiger partial charge on any atom is 0.224 e. The van der Waals surface area contributed by atoms with Crippen LogP contribution < -0.4 is 11.1 Å². The van der Waals surface area contributed by atoms with Gasteiger partial charge in [-0.15, -0.1) is 0 Å². The fourth-order valence-electron chi connectivity index (χ4n) is 2.65. The zero-order valence-corrected chi connectivity index (χ0v) is 15.1. The van der Waals surface area contributed by atoms with Crippen LogP contribution in [0.4, 0.5) is 0 Å². The van der Waals surface area contributed by atoms with E-state index in [0.717, 1.165) is 41.4 Å². The molecule has 1 aliphatic rings. The van der Waals surface area contributed by atoms with Gasteiger partial charge in [0.15, 0.2) is 0 Å². The Morgan fingerprint density at radius 3 is 2.90 bits per heavy atom. The number of likely N-dealkylation sites (tertiary alicyclic amines) is 1. The molecule has 2 rings (SSSR count). The average molecular weight is 419 g/mol. The van der Waals surface area contributed by atoms with Gasteiger partial charge in [-0.05, 0) is 68.9 Å². The molecule has 1 amide bonds. The second-order valence-corrected chi connectivity index (χ2v) is 7.11. The van der Waals surface area contributed by atoms with E-state index in [9.17, 15) is 4.79 Å². The van der Waals surface area contributed by atoms with Gasteiger partial charge in [0.05, 0.1) is 5.92 Å². The molecule has 1 aromatic rings. The van der Waals surface area contributed by atoms with E-state index in [1.807, 2.05) is 0 Å². The number of hydrogen-bond donors (Lipinski definition) is 2. The van der Waals surface area contributed by atoms with Gasteiger partial charge in [-0.2, -0.15) is 0 Å². The molecule has 6 heteroatoms. The highest BCUT2D eigenvalue weighted by atomic mass is 79.9. The first-order valence-corrected chi connectivity index (χ1v) is 8.83. The molecule has 1 aromatic carbocycles. The number of nitrogens with zero attached hydrogens (tertiary/aromatic N) is 1. The molecule has 0 spiro atoms. The number of piperidine rings is 1. The third kappa shape index (κ3) is 5.06. The van der Waals surface area contributed by atoms with Crippen molar-refractivity contribution in [2.75, 3.05) is 26.2 Å². The van der Waals surface area contributed by atoms with Crippen LogP contribution in [-0.4, -0.2) is 37.0 Å². The number of benzene rings is 1. The molecule has 0 bridgehead atoms. The number of carbonyl (C=O) groups is 1. The van der Waals surface area contributed by atoms with Crippen LogP contribution in [0, 0.1) is 5.92 Å². The fourth-order valence-corrected chi connectivity index (χ4v) is 3.32. The van der Waals surface area contributed by atoms with Crippen molar-refractivity contribution in [1.29, 1.82) is 0 Å². The second-order valence-electron chi connectivity index (χ2n) is 5.40. The molecular weight excluding hydrogens is 398 g/mol. The summed E-state index contributed by atoms with van der Waals surface area (Å²) in [5.41, 5.74) is 6.69. The first kappa shape index (κ1) is 16.9. The minimum absolute atomic E-state index is 0.0872. The summed E-state index contributed by atoms with van der Waals surface area (Å²) in [6.45, 7) is 3.81. The quantitative estimate of drug-likeness (QED) is 0.772. The van der Waals surface area contributed by atoms with Gasteiger partial charge in [0.1, 0.15) is 0 Å². The van der Waals surface area contributed by atoms with E-state index in [2.05, 4.69) is 60.3 Å². The fraction of sp³-hybridized carbons (Fsp3) is 0.533. The van der Waals surface area contributed by atoms with Crippen LogP contribution in [0.15, 0.2) is 27.1 Å². The minimum atomic E-state index is 0.0872. The van der Waals surface area contributed by atoms with Crippen LogP contribution in [0.1, 0.15) is 18.4 Å². The Balaban J connectivity index is 1.91. The summed E-state index contributed by atoms with van der Waals surface area (Å²) >= 11 is 7.02. The molecule has 1 atom stereocenters. The van der Waals surface area contributed by atoms with Crippen LogP contribution >= 0.6 is 31.9 Å². The molecule has 3 N–H and O–H groups in total. The van der Waals surface area contributed by atoms with E-state index in [-0.39, 0.29) is 11.8 Å². The van der Waals surface area contributed by atoms with Crippen molar-refractivity contribution in [3.63, 3.8) is 0 Å². The Bertz CT molecular complexity index is 496. The molecule has 0 radical (unpaired) electrons. The molecule has 1 saturated heterocycles. The van der Waals surface area contributed by atoms with E-state index in [1.165, 1.54) is 5.56 Å². The summed E-state index contributed by atoms with van der Waals surface area (Å²) in [6, 6.07) is 6.30. The van der Waals surface area contributed by atoms with E-state index < -0.39 is 0 Å². The van der Waals surface area contributed by atoms with Crippen molar-refractivity contribution in [3.8, 4) is 0 Å². The molecule has 1 fully saturated rings. The van der Waals surface area contributed by atoms with Gasteiger partial charge in [-0.3, -0.25) is 9.69 Å². The van der Waals surface area contributed by atoms with Gasteiger partial charge in [0.2, 0.25) is 5.91 Å². The monoisotopic (exact) mass is 417 g/mol. The number of amides is 1. The number of nitrogens with two attached hydrogens (primary N) is 1. The Labute approximate surface area is 142 Å². The highest BCUT2D eigenvalue weighted by molar-refractivity contribution is 9.13. The molecule has 0 aliphatic carbocycles. The van der Waals surface area contributed by atoms with Crippen molar-refractivity contribution in [2.24, 2.45) is 11.7 Å². The summed E-state index contributed by atoms with van der Waals surface area (Å²) in [4.78, 5) is 14.4. The predicted molar refractivity (Wildman–Crippen MR) is 91.9 cm³/mol. The number of carbonyl (C=O) groups excluding carboxylic acids is 1. The standard InChI is InChI=1S/C15H21Br2N3O/c16-13-4-3-11(8-14(13)17)9-20-7-1-2-12(10-20)15(21)19-6-5-18/h3-4,8,12H,1-2,5-7,9-10,18H2,(H,19,21). The van der Waals surface area contributed by atoms with Crippen LogP contribution in [0.3, 0.4) is 0 Å². The van der Waals surface area contributed by atoms with E-state index in [0.29, 0.717) is 13.1 Å². The first-order chi connectivity index (χ1) is 10.1. The topological polar surface area (TPSA) is 58.4 Å². The number of hydrogen-bond acceptors (Lipinski definition) is 3. The predicted octanol–water partition coefficient (Wildman–Crippen LogP) is 2.50. The van der Waals surface area contributed by atoms with Crippen molar-refractivity contribution in [1.82, 2.24) is 10.2 Å². The molecular formula is C15H21Br2N3O. The summed E-state index contributed by atoms with van der Waals surface area (Å²) in [5.74, 6) is 0.228. The van der Waals surface area contributed by atoms with Crippen molar-refractivity contribution in [2.45, 2.75) is 19.4 Å². The summed E-state index contributed by atoms with van der Waals surface area (Å²) in [5, 5.41) is 2.90. The van der Waals surface area contributed by atoms with E-state index >= 15 is 0 Å². The highest BCUT2D eigenvalue weighted by Crippen LogP contribution is 2.25. The Kier molecular flexibility index (Phi) is 6.67. The minimum Gasteiger partial charge on any atom is -0.355 e. The molecule has 116 valence electrons. The first-order valence-electron chi connectivity index (χ1n) is 7.24. The van der Waals surface area contributed by atoms with Crippen LogP contribution in [0.25, 0.3) is 0 Å². The van der Waals surface area contributed by atoms with Crippen molar-refractivity contribution >= 4 is 37.8 Å². The Hall–Kier alpha value is -0.430. The van der Waals surface area contributed by atoms with Gasteiger partial charge < -0.3 is 11.1 Å². The Morgan fingerprint density at radius 1 is 1.38 bits per heavy atom. The van der Waals surface area contributed by atoms with Crippen molar-refractivity contribution in [3.05, 3.63) is 32.7 Å². The number of rotatable bonds is 5. The zero-order valence-electron chi connectivity index (χ0n) is 11.9. The molecule has 1 heterocycles. The summed E-state index contributed by atoms with van der Waals surface area (Å²) < 4.78 is 2.12. The Morgan fingerprint density at radius 2 is 2.19 bits per heavy atom. The molecule has 0 aromatic heterocycles. The van der Waals surface area contributed by atoms with Gasteiger partial charge in [-0.25, -0.2) is 0 Å². The molecule has 1 unspecified atom stereocenters. The van der Waals surface area contributed by atoms with Crippen LogP contribution in [0.5, 0.6) is 0 Å². The lowest BCUT2D eigenvalue weighted by Gasteiger charge is -2.32. The SMILES string of the molecule is NCCNC(=O)C1CCCN(Cc2ccc(Br)c(Br)c2)C1. The molecule has 4 nitrogen and oxygen atoms in total. The number of nitrogens with one attached hydrogen (secondary N) is 1. The second kappa shape index (κ2) is 8.27. The number of halogens is 2. The largest absolute Gasteiger partial charge is 0.355 e. The summed E-state index contributed by atoms with van der Waals surface area (Å²) in [6.07, 6.45) is 2.04. The summed E-state index contributed by atoms with van der Waals surface area (Å²) in [7, 11) is 0. The maximum absolute atomic E-state index is 12.0.